The Kier molecular flexibility index (Phi) is 8.34. The molecular weight excluding hydrogens is 388 g/mol. The van der Waals surface area contributed by atoms with Crippen LogP contribution in [0.25, 0.3) is 6.08 Å². The summed E-state index contributed by atoms with van der Waals surface area (Å²) in [6.07, 6.45) is 10.4. The van der Waals surface area contributed by atoms with Crippen molar-refractivity contribution in [3.8, 4) is 0 Å². The van der Waals surface area contributed by atoms with Gasteiger partial charge in [0.2, 0.25) is 0 Å². The SMILES string of the molecule is O=C(O)CCCCCCC1C(=O)CCC1/C=C/c1ccc(C(=O)c2ccccc2)cc1. The lowest BCUT2D eigenvalue weighted by Gasteiger charge is -2.14. The van der Waals surface area contributed by atoms with Crippen LogP contribution in [0.1, 0.15) is 72.9 Å². The third-order valence-electron chi connectivity index (χ3n) is 6.05. The van der Waals surface area contributed by atoms with Gasteiger partial charge in [0.15, 0.2) is 5.78 Å². The van der Waals surface area contributed by atoms with Gasteiger partial charge in [0.25, 0.3) is 0 Å². The molecule has 1 N–H and O–H groups in total. The molecule has 0 radical (unpaired) electrons. The third kappa shape index (κ3) is 6.74. The smallest absolute Gasteiger partial charge is 0.303 e. The molecule has 2 aromatic rings. The van der Waals surface area contributed by atoms with Crippen molar-refractivity contribution < 1.29 is 19.5 Å². The van der Waals surface area contributed by atoms with E-state index in [9.17, 15) is 14.4 Å². The Morgan fingerprint density at radius 1 is 0.903 bits per heavy atom. The number of rotatable bonds is 11. The van der Waals surface area contributed by atoms with Gasteiger partial charge in [-0.2, -0.15) is 0 Å². The fraction of sp³-hybridized carbons (Fsp3) is 0.370. The van der Waals surface area contributed by atoms with Crippen LogP contribution >= 0.6 is 0 Å². The van der Waals surface area contributed by atoms with E-state index in [4.69, 9.17) is 5.11 Å². The Hall–Kier alpha value is -3.01. The zero-order valence-electron chi connectivity index (χ0n) is 17.8. The summed E-state index contributed by atoms with van der Waals surface area (Å²) in [7, 11) is 0. The third-order valence-corrected chi connectivity index (χ3v) is 6.05. The highest BCUT2D eigenvalue weighted by atomic mass is 16.4. The quantitative estimate of drug-likeness (QED) is 0.361. The molecule has 2 atom stereocenters. The standard InChI is InChI=1S/C27H30O4/c28-25-19-18-21(24(25)10-6-1-2-7-11-26(29)30)15-12-20-13-16-23(17-14-20)27(31)22-8-4-3-5-9-22/h3-5,8-9,12-17,21,24H,1-2,6-7,10-11,18-19H2,(H,29,30)/b15-12+. The van der Waals surface area contributed by atoms with Gasteiger partial charge in [-0.05, 0) is 30.7 Å². The molecule has 3 rings (SSSR count). The van der Waals surface area contributed by atoms with Crippen LogP contribution < -0.4 is 0 Å². The second-order valence-corrected chi connectivity index (χ2v) is 8.30. The molecule has 0 amide bonds. The van der Waals surface area contributed by atoms with E-state index < -0.39 is 5.97 Å². The maximum atomic E-state index is 12.5. The zero-order chi connectivity index (χ0) is 22.1. The maximum absolute atomic E-state index is 12.5. The molecule has 1 aliphatic carbocycles. The molecule has 162 valence electrons. The molecule has 4 heteroatoms. The van der Waals surface area contributed by atoms with Gasteiger partial charge in [0.05, 0.1) is 0 Å². The number of carboxylic acids is 1. The number of benzene rings is 2. The van der Waals surface area contributed by atoms with E-state index in [1.54, 1.807) is 0 Å². The van der Waals surface area contributed by atoms with Crippen LogP contribution in [0.3, 0.4) is 0 Å². The lowest BCUT2D eigenvalue weighted by Crippen LogP contribution is -2.13. The van der Waals surface area contributed by atoms with E-state index >= 15 is 0 Å². The van der Waals surface area contributed by atoms with E-state index in [0.717, 1.165) is 37.7 Å². The Labute approximate surface area is 184 Å². The molecular formula is C27H30O4. The zero-order valence-corrected chi connectivity index (χ0v) is 17.8. The van der Waals surface area contributed by atoms with E-state index in [-0.39, 0.29) is 24.0 Å². The highest BCUT2D eigenvalue weighted by Crippen LogP contribution is 2.34. The minimum atomic E-state index is -0.742. The number of aliphatic carboxylic acids is 1. The number of carbonyl (C=O) groups excluding carboxylic acids is 2. The van der Waals surface area contributed by atoms with Gasteiger partial charge < -0.3 is 5.11 Å². The molecule has 0 aliphatic heterocycles. The van der Waals surface area contributed by atoms with Crippen LogP contribution in [0.15, 0.2) is 60.7 Å². The van der Waals surface area contributed by atoms with Crippen molar-refractivity contribution in [2.24, 2.45) is 11.8 Å². The highest BCUT2D eigenvalue weighted by Gasteiger charge is 2.32. The summed E-state index contributed by atoms with van der Waals surface area (Å²) in [5.74, 6) is -0.0367. The molecule has 1 fully saturated rings. The molecule has 0 heterocycles. The molecule has 31 heavy (non-hydrogen) atoms. The van der Waals surface area contributed by atoms with E-state index in [0.29, 0.717) is 29.8 Å². The number of carbonyl (C=O) groups is 3. The first-order valence-corrected chi connectivity index (χ1v) is 11.2. The van der Waals surface area contributed by atoms with Crippen LogP contribution in [-0.2, 0) is 9.59 Å². The number of hydrogen-bond donors (Lipinski definition) is 1. The van der Waals surface area contributed by atoms with Crippen LogP contribution in [0.5, 0.6) is 0 Å². The fourth-order valence-electron chi connectivity index (χ4n) is 4.27. The largest absolute Gasteiger partial charge is 0.481 e. The first-order valence-electron chi connectivity index (χ1n) is 11.2. The molecule has 0 aromatic heterocycles. The number of ketones is 2. The van der Waals surface area contributed by atoms with Gasteiger partial charge >= 0.3 is 5.97 Å². The molecule has 0 spiro atoms. The molecule has 0 bridgehead atoms. The predicted molar refractivity (Wildman–Crippen MR) is 122 cm³/mol. The van der Waals surface area contributed by atoms with Gasteiger partial charge in [0.1, 0.15) is 5.78 Å². The first kappa shape index (κ1) is 22.7. The summed E-state index contributed by atoms with van der Waals surface area (Å²) < 4.78 is 0. The first-order chi connectivity index (χ1) is 15.0. The van der Waals surface area contributed by atoms with Crippen molar-refractivity contribution in [2.75, 3.05) is 0 Å². The molecule has 4 nitrogen and oxygen atoms in total. The summed E-state index contributed by atoms with van der Waals surface area (Å²) >= 11 is 0. The number of unbranched alkanes of at least 4 members (excludes halogenated alkanes) is 3. The molecule has 1 saturated carbocycles. The van der Waals surface area contributed by atoms with Gasteiger partial charge in [0, 0.05) is 29.9 Å². The predicted octanol–water partition coefficient (Wildman–Crippen LogP) is 5.95. The van der Waals surface area contributed by atoms with Crippen molar-refractivity contribution in [2.45, 2.75) is 51.4 Å². The van der Waals surface area contributed by atoms with Crippen molar-refractivity contribution in [1.82, 2.24) is 0 Å². The summed E-state index contributed by atoms with van der Waals surface area (Å²) in [5.41, 5.74) is 2.37. The van der Waals surface area contributed by atoms with E-state index in [1.165, 1.54) is 0 Å². The van der Waals surface area contributed by atoms with Crippen LogP contribution in [0, 0.1) is 11.8 Å². The topological polar surface area (TPSA) is 71.4 Å². The van der Waals surface area contributed by atoms with Gasteiger partial charge in [-0.3, -0.25) is 14.4 Å². The second-order valence-electron chi connectivity index (χ2n) is 8.30. The van der Waals surface area contributed by atoms with Gasteiger partial charge in [-0.1, -0.05) is 86.0 Å². The number of Topliss-reactive ketones (excluding diaryl/α,β-unsaturated/α-hetero) is 1. The molecule has 2 aromatic carbocycles. The highest BCUT2D eigenvalue weighted by molar-refractivity contribution is 6.09. The summed E-state index contributed by atoms with van der Waals surface area (Å²) in [5, 5.41) is 8.69. The Morgan fingerprint density at radius 3 is 2.29 bits per heavy atom. The summed E-state index contributed by atoms with van der Waals surface area (Å²) in [6.45, 7) is 0. The average molecular weight is 419 g/mol. The Morgan fingerprint density at radius 2 is 1.58 bits per heavy atom. The Balaban J connectivity index is 1.52. The van der Waals surface area contributed by atoms with Crippen LogP contribution in [-0.4, -0.2) is 22.6 Å². The van der Waals surface area contributed by atoms with Crippen LogP contribution in [0.4, 0.5) is 0 Å². The number of hydrogen-bond acceptors (Lipinski definition) is 3. The van der Waals surface area contributed by atoms with Gasteiger partial charge in [-0.25, -0.2) is 0 Å². The molecule has 2 unspecified atom stereocenters. The lowest BCUT2D eigenvalue weighted by molar-refractivity contribution is -0.137. The molecule has 0 saturated heterocycles. The Bertz CT molecular complexity index is 912. The van der Waals surface area contributed by atoms with E-state index in [2.05, 4.69) is 12.2 Å². The van der Waals surface area contributed by atoms with Crippen LogP contribution in [0.2, 0.25) is 0 Å². The summed E-state index contributed by atoms with van der Waals surface area (Å²) in [6, 6.07) is 16.8. The van der Waals surface area contributed by atoms with Crippen molar-refractivity contribution in [1.29, 1.82) is 0 Å². The lowest BCUT2D eigenvalue weighted by atomic mass is 9.89. The van der Waals surface area contributed by atoms with Crippen molar-refractivity contribution in [3.05, 3.63) is 77.4 Å². The number of allylic oxidation sites excluding steroid dienone is 1. The van der Waals surface area contributed by atoms with Crippen molar-refractivity contribution >= 4 is 23.6 Å². The normalized spacial score (nSPS) is 18.5. The number of carboxylic acid groups (broad SMARTS) is 1. The minimum Gasteiger partial charge on any atom is -0.481 e. The van der Waals surface area contributed by atoms with Gasteiger partial charge in [-0.15, -0.1) is 0 Å². The van der Waals surface area contributed by atoms with E-state index in [1.807, 2.05) is 54.6 Å². The minimum absolute atomic E-state index is 0.0148. The molecule has 1 aliphatic rings. The maximum Gasteiger partial charge on any atom is 0.303 e. The fourth-order valence-corrected chi connectivity index (χ4v) is 4.27. The monoisotopic (exact) mass is 418 g/mol. The van der Waals surface area contributed by atoms with Crippen molar-refractivity contribution in [3.63, 3.8) is 0 Å². The average Bonchev–Trinajstić information content (AvgIpc) is 3.14. The summed E-state index contributed by atoms with van der Waals surface area (Å²) in [4.78, 5) is 35.4. The second kappa shape index (κ2) is 11.4.